The van der Waals surface area contributed by atoms with Crippen LogP contribution in [-0.2, 0) is 4.79 Å². The van der Waals surface area contributed by atoms with Gasteiger partial charge in [0.1, 0.15) is 5.82 Å². The maximum absolute atomic E-state index is 12.8. The molecular weight excluding hydrogens is 245 g/mol. The first-order chi connectivity index (χ1) is 8.81. The van der Waals surface area contributed by atoms with Gasteiger partial charge in [-0.25, -0.2) is 4.39 Å². The van der Waals surface area contributed by atoms with E-state index in [0.717, 1.165) is 12.1 Å². The van der Waals surface area contributed by atoms with E-state index < -0.39 is 0 Å². The number of pyridine rings is 1. The molecule has 1 aromatic rings. The van der Waals surface area contributed by atoms with Crippen LogP contribution in [0.3, 0.4) is 0 Å². The molecule has 2 N–H and O–H groups in total. The molecule has 0 bridgehead atoms. The Morgan fingerprint density at radius 1 is 1.42 bits per heavy atom. The lowest BCUT2D eigenvalue weighted by atomic mass is 10.1. The van der Waals surface area contributed by atoms with Gasteiger partial charge in [-0.1, -0.05) is 6.92 Å². The second-order valence-corrected chi connectivity index (χ2v) is 5.54. The van der Waals surface area contributed by atoms with Crippen molar-refractivity contribution in [1.82, 2.24) is 15.6 Å². The maximum Gasteiger partial charge on any atom is 0.234 e. The molecule has 1 rings (SSSR count). The van der Waals surface area contributed by atoms with Gasteiger partial charge < -0.3 is 10.6 Å². The molecule has 19 heavy (non-hydrogen) atoms. The van der Waals surface area contributed by atoms with Gasteiger partial charge in [-0.15, -0.1) is 0 Å². The zero-order chi connectivity index (χ0) is 14.5. The first-order valence-corrected chi connectivity index (χ1v) is 6.47. The number of rotatable bonds is 5. The second kappa shape index (κ2) is 6.61. The van der Waals surface area contributed by atoms with Crippen molar-refractivity contribution in [3.8, 4) is 0 Å². The highest BCUT2D eigenvalue weighted by atomic mass is 19.1. The lowest BCUT2D eigenvalue weighted by molar-refractivity contribution is -0.121. The van der Waals surface area contributed by atoms with E-state index in [-0.39, 0.29) is 29.8 Å². The number of amides is 1. The van der Waals surface area contributed by atoms with E-state index in [1.165, 1.54) is 12.3 Å². The number of carbonyl (C=O) groups excluding carboxylic acids is 1. The van der Waals surface area contributed by atoms with Gasteiger partial charge in [0.25, 0.3) is 0 Å². The highest BCUT2D eigenvalue weighted by Gasteiger charge is 2.16. The topological polar surface area (TPSA) is 54.0 Å². The van der Waals surface area contributed by atoms with Crippen molar-refractivity contribution in [2.24, 2.45) is 0 Å². The second-order valence-electron chi connectivity index (χ2n) is 5.54. The van der Waals surface area contributed by atoms with E-state index in [0.29, 0.717) is 0 Å². The summed E-state index contributed by atoms with van der Waals surface area (Å²) in [5, 5.41) is 6.01. The summed E-state index contributed by atoms with van der Waals surface area (Å²) in [6, 6.07) is 2.96. The first kappa shape index (κ1) is 15.6. The average molecular weight is 267 g/mol. The third-order valence-electron chi connectivity index (χ3n) is 2.54. The van der Waals surface area contributed by atoms with Gasteiger partial charge in [-0.05, 0) is 39.3 Å². The molecule has 0 radical (unpaired) electrons. The standard InChI is InChI=1S/C14H22FN3O/c1-5-11(12-7-6-10(15)8-16-12)17-9-13(19)18-14(2,3)4/h6-8,11,17H,5,9H2,1-4H3,(H,18,19). The molecule has 0 saturated carbocycles. The first-order valence-electron chi connectivity index (χ1n) is 6.47. The number of aromatic nitrogens is 1. The Labute approximate surface area is 113 Å². The molecule has 0 aliphatic heterocycles. The number of hydrogen-bond donors (Lipinski definition) is 2. The van der Waals surface area contributed by atoms with Crippen molar-refractivity contribution >= 4 is 5.91 Å². The Hall–Kier alpha value is -1.49. The molecule has 1 aromatic heterocycles. The minimum atomic E-state index is -0.357. The molecule has 5 heteroatoms. The largest absolute Gasteiger partial charge is 0.350 e. The molecule has 0 aromatic carbocycles. The summed E-state index contributed by atoms with van der Waals surface area (Å²) >= 11 is 0. The zero-order valence-electron chi connectivity index (χ0n) is 12.0. The Balaban J connectivity index is 2.54. The summed E-state index contributed by atoms with van der Waals surface area (Å²) < 4.78 is 12.8. The molecular formula is C14H22FN3O. The molecule has 1 unspecified atom stereocenters. The number of nitrogens with one attached hydrogen (secondary N) is 2. The van der Waals surface area contributed by atoms with Crippen LogP contribution in [0.25, 0.3) is 0 Å². The maximum atomic E-state index is 12.8. The molecule has 0 aliphatic carbocycles. The van der Waals surface area contributed by atoms with Crippen molar-refractivity contribution in [3.63, 3.8) is 0 Å². The van der Waals surface area contributed by atoms with E-state index in [4.69, 9.17) is 0 Å². The van der Waals surface area contributed by atoms with Crippen LogP contribution in [0.5, 0.6) is 0 Å². The fourth-order valence-electron chi connectivity index (χ4n) is 1.73. The lowest BCUT2D eigenvalue weighted by Gasteiger charge is -2.22. The lowest BCUT2D eigenvalue weighted by Crippen LogP contribution is -2.45. The van der Waals surface area contributed by atoms with Crippen LogP contribution in [0.1, 0.15) is 45.9 Å². The van der Waals surface area contributed by atoms with Crippen LogP contribution in [-0.4, -0.2) is 23.0 Å². The third-order valence-corrected chi connectivity index (χ3v) is 2.54. The summed E-state index contributed by atoms with van der Waals surface area (Å²) in [6.07, 6.45) is 1.97. The quantitative estimate of drug-likeness (QED) is 0.859. The Bertz CT molecular complexity index is 412. The molecule has 0 saturated heterocycles. The van der Waals surface area contributed by atoms with Gasteiger partial charge in [0.15, 0.2) is 0 Å². The van der Waals surface area contributed by atoms with E-state index in [9.17, 15) is 9.18 Å². The fraction of sp³-hybridized carbons (Fsp3) is 0.571. The molecule has 1 atom stereocenters. The number of hydrogen-bond acceptors (Lipinski definition) is 3. The predicted molar refractivity (Wildman–Crippen MR) is 73.1 cm³/mol. The van der Waals surface area contributed by atoms with Gasteiger partial charge in [0.2, 0.25) is 5.91 Å². The van der Waals surface area contributed by atoms with Crippen LogP contribution in [0.4, 0.5) is 4.39 Å². The highest BCUT2D eigenvalue weighted by molar-refractivity contribution is 5.78. The Kier molecular flexibility index (Phi) is 5.42. The van der Waals surface area contributed by atoms with Crippen molar-refractivity contribution < 1.29 is 9.18 Å². The van der Waals surface area contributed by atoms with Crippen LogP contribution in [0, 0.1) is 5.82 Å². The van der Waals surface area contributed by atoms with Crippen LogP contribution >= 0.6 is 0 Å². The van der Waals surface area contributed by atoms with E-state index in [1.807, 2.05) is 27.7 Å². The van der Waals surface area contributed by atoms with Crippen molar-refractivity contribution in [3.05, 3.63) is 29.8 Å². The monoisotopic (exact) mass is 267 g/mol. The van der Waals surface area contributed by atoms with Crippen LogP contribution in [0.2, 0.25) is 0 Å². The number of nitrogens with zero attached hydrogens (tertiary/aromatic N) is 1. The van der Waals surface area contributed by atoms with Crippen molar-refractivity contribution in [2.75, 3.05) is 6.54 Å². The van der Waals surface area contributed by atoms with Gasteiger partial charge in [-0.2, -0.15) is 0 Å². The molecule has 1 heterocycles. The van der Waals surface area contributed by atoms with Crippen LogP contribution in [0.15, 0.2) is 18.3 Å². The van der Waals surface area contributed by atoms with Gasteiger partial charge in [-0.3, -0.25) is 9.78 Å². The molecule has 4 nitrogen and oxygen atoms in total. The molecule has 0 aliphatic rings. The predicted octanol–water partition coefficient (Wildman–Crippen LogP) is 2.18. The van der Waals surface area contributed by atoms with Crippen LogP contribution < -0.4 is 10.6 Å². The average Bonchev–Trinajstić information content (AvgIpc) is 2.29. The van der Waals surface area contributed by atoms with Gasteiger partial charge in [0.05, 0.1) is 18.4 Å². The van der Waals surface area contributed by atoms with Crippen molar-refractivity contribution in [1.29, 1.82) is 0 Å². The summed E-state index contributed by atoms with van der Waals surface area (Å²) in [7, 11) is 0. The zero-order valence-corrected chi connectivity index (χ0v) is 12.0. The summed E-state index contributed by atoms with van der Waals surface area (Å²) in [5.41, 5.74) is 0.502. The molecule has 106 valence electrons. The van der Waals surface area contributed by atoms with Crippen molar-refractivity contribution in [2.45, 2.75) is 45.7 Å². The summed E-state index contributed by atoms with van der Waals surface area (Å²) in [5.74, 6) is -0.419. The van der Waals surface area contributed by atoms with E-state index >= 15 is 0 Å². The molecule has 1 amide bonds. The summed E-state index contributed by atoms with van der Waals surface area (Å²) in [4.78, 5) is 15.7. The number of carbonyl (C=O) groups is 1. The van der Waals surface area contributed by atoms with E-state index in [2.05, 4.69) is 15.6 Å². The van der Waals surface area contributed by atoms with Gasteiger partial charge in [0, 0.05) is 11.6 Å². The smallest absolute Gasteiger partial charge is 0.234 e. The Morgan fingerprint density at radius 3 is 2.58 bits per heavy atom. The third kappa shape index (κ3) is 5.79. The Morgan fingerprint density at radius 2 is 2.11 bits per heavy atom. The molecule has 0 spiro atoms. The highest BCUT2D eigenvalue weighted by Crippen LogP contribution is 2.13. The number of halogens is 1. The normalized spacial score (nSPS) is 13.1. The SMILES string of the molecule is CCC(NCC(=O)NC(C)(C)C)c1ccc(F)cn1. The van der Waals surface area contributed by atoms with E-state index in [1.54, 1.807) is 6.07 Å². The molecule has 0 fully saturated rings. The minimum Gasteiger partial charge on any atom is -0.350 e. The fourth-order valence-corrected chi connectivity index (χ4v) is 1.73. The van der Waals surface area contributed by atoms with Gasteiger partial charge >= 0.3 is 0 Å². The minimum absolute atomic E-state index is 0.0497. The summed E-state index contributed by atoms with van der Waals surface area (Å²) in [6.45, 7) is 8.01.